The molecule has 2 aromatic rings. The zero-order valence-electron chi connectivity index (χ0n) is 16.1. The first kappa shape index (κ1) is 20.2. The summed E-state index contributed by atoms with van der Waals surface area (Å²) < 4.78 is 5.39. The van der Waals surface area contributed by atoms with E-state index < -0.39 is 0 Å². The van der Waals surface area contributed by atoms with Gasteiger partial charge in [0, 0.05) is 30.4 Å². The van der Waals surface area contributed by atoms with Gasteiger partial charge in [-0.1, -0.05) is 12.1 Å². The van der Waals surface area contributed by atoms with E-state index in [1.54, 1.807) is 35.2 Å². The van der Waals surface area contributed by atoms with Crippen molar-refractivity contribution >= 4 is 23.6 Å². The predicted octanol–water partition coefficient (Wildman–Crippen LogP) is 4.22. The second-order valence-electron chi connectivity index (χ2n) is 5.88. The van der Waals surface area contributed by atoms with Crippen LogP contribution in [0.5, 0.6) is 5.75 Å². The van der Waals surface area contributed by atoms with Gasteiger partial charge in [-0.15, -0.1) is 0 Å². The highest BCUT2D eigenvalue weighted by molar-refractivity contribution is 6.02. The van der Waals surface area contributed by atoms with Gasteiger partial charge in [0.15, 0.2) is 0 Å². The normalized spacial score (nSPS) is 10.6. The third-order valence-electron chi connectivity index (χ3n) is 4.07. The van der Waals surface area contributed by atoms with Gasteiger partial charge in [0.1, 0.15) is 5.75 Å². The number of hydrogen-bond donors (Lipinski definition) is 1. The lowest BCUT2D eigenvalue weighted by atomic mass is 10.1. The fourth-order valence-electron chi connectivity index (χ4n) is 2.59. The summed E-state index contributed by atoms with van der Waals surface area (Å²) in [5.41, 5.74) is 2.17. The number of ether oxygens (including phenoxy) is 1. The molecule has 27 heavy (non-hydrogen) atoms. The van der Waals surface area contributed by atoms with Gasteiger partial charge >= 0.3 is 0 Å². The zero-order valence-corrected chi connectivity index (χ0v) is 16.1. The monoisotopic (exact) mass is 366 g/mol. The van der Waals surface area contributed by atoms with Crippen LogP contribution in [0.4, 0.5) is 5.69 Å². The van der Waals surface area contributed by atoms with E-state index in [1.165, 1.54) is 6.08 Å². The molecule has 2 rings (SSSR count). The Hall–Kier alpha value is -3.08. The molecular formula is C22H26N2O3. The number of amides is 2. The smallest absolute Gasteiger partial charge is 0.253 e. The first-order chi connectivity index (χ1) is 13.1. The Morgan fingerprint density at radius 2 is 1.59 bits per heavy atom. The van der Waals surface area contributed by atoms with Crippen molar-refractivity contribution in [3.8, 4) is 5.75 Å². The highest BCUT2D eigenvalue weighted by Crippen LogP contribution is 2.14. The minimum Gasteiger partial charge on any atom is -0.494 e. The average molecular weight is 366 g/mol. The van der Waals surface area contributed by atoms with Crippen LogP contribution in [0.2, 0.25) is 0 Å². The number of carbonyl (C=O) groups excluding carboxylic acids is 2. The Labute approximate surface area is 160 Å². The number of benzene rings is 2. The quantitative estimate of drug-likeness (QED) is 0.712. The molecule has 0 aliphatic heterocycles. The molecule has 0 aromatic heterocycles. The van der Waals surface area contributed by atoms with Crippen molar-refractivity contribution in [2.24, 2.45) is 0 Å². The summed E-state index contributed by atoms with van der Waals surface area (Å²) in [6, 6.07) is 14.4. The van der Waals surface area contributed by atoms with Crippen molar-refractivity contribution in [1.29, 1.82) is 0 Å². The zero-order chi connectivity index (χ0) is 19.6. The fourth-order valence-corrected chi connectivity index (χ4v) is 2.59. The number of hydrogen-bond acceptors (Lipinski definition) is 3. The van der Waals surface area contributed by atoms with Gasteiger partial charge in [0.25, 0.3) is 5.91 Å². The summed E-state index contributed by atoms with van der Waals surface area (Å²) in [5, 5.41) is 2.79. The summed E-state index contributed by atoms with van der Waals surface area (Å²) in [7, 11) is 0. The summed E-state index contributed by atoms with van der Waals surface area (Å²) >= 11 is 0. The van der Waals surface area contributed by atoms with E-state index in [4.69, 9.17) is 4.74 Å². The first-order valence-electron chi connectivity index (χ1n) is 9.18. The number of anilines is 1. The van der Waals surface area contributed by atoms with E-state index >= 15 is 0 Å². The Kier molecular flexibility index (Phi) is 7.62. The van der Waals surface area contributed by atoms with Crippen LogP contribution in [0.1, 0.15) is 36.7 Å². The molecule has 2 aromatic carbocycles. The largest absolute Gasteiger partial charge is 0.494 e. The van der Waals surface area contributed by atoms with Crippen LogP contribution in [0, 0.1) is 0 Å². The number of carbonyl (C=O) groups is 2. The van der Waals surface area contributed by atoms with Crippen molar-refractivity contribution in [3.05, 3.63) is 65.7 Å². The van der Waals surface area contributed by atoms with Crippen molar-refractivity contribution in [3.63, 3.8) is 0 Å². The second kappa shape index (κ2) is 10.2. The highest BCUT2D eigenvalue weighted by atomic mass is 16.5. The topological polar surface area (TPSA) is 58.6 Å². The van der Waals surface area contributed by atoms with Gasteiger partial charge in [0.05, 0.1) is 6.61 Å². The molecule has 0 spiro atoms. The summed E-state index contributed by atoms with van der Waals surface area (Å²) in [4.78, 5) is 26.1. The number of nitrogens with zero attached hydrogens (tertiary/aromatic N) is 1. The molecule has 0 atom stereocenters. The second-order valence-corrected chi connectivity index (χ2v) is 5.88. The molecule has 5 heteroatoms. The Morgan fingerprint density at radius 3 is 2.15 bits per heavy atom. The van der Waals surface area contributed by atoms with Crippen molar-refractivity contribution in [1.82, 2.24) is 4.90 Å². The number of rotatable bonds is 8. The van der Waals surface area contributed by atoms with Gasteiger partial charge in [-0.2, -0.15) is 0 Å². The summed E-state index contributed by atoms with van der Waals surface area (Å²) in [6.07, 6.45) is 3.22. The third-order valence-corrected chi connectivity index (χ3v) is 4.07. The van der Waals surface area contributed by atoms with E-state index in [0.29, 0.717) is 30.9 Å². The van der Waals surface area contributed by atoms with Crippen molar-refractivity contribution in [2.75, 3.05) is 25.0 Å². The maximum absolute atomic E-state index is 12.3. The van der Waals surface area contributed by atoms with Gasteiger partial charge in [-0.3, -0.25) is 9.59 Å². The van der Waals surface area contributed by atoms with Crippen LogP contribution in [-0.4, -0.2) is 36.4 Å². The molecule has 0 radical (unpaired) electrons. The molecule has 5 nitrogen and oxygen atoms in total. The molecular weight excluding hydrogens is 340 g/mol. The lowest BCUT2D eigenvalue weighted by molar-refractivity contribution is -0.111. The molecule has 0 saturated heterocycles. The van der Waals surface area contributed by atoms with E-state index in [0.717, 1.165) is 11.3 Å². The minimum atomic E-state index is -0.230. The Balaban J connectivity index is 1.94. The molecule has 2 amide bonds. The van der Waals surface area contributed by atoms with Gasteiger partial charge in [-0.25, -0.2) is 0 Å². The Morgan fingerprint density at radius 1 is 0.963 bits per heavy atom. The molecule has 0 aliphatic carbocycles. The molecule has 0 aliphatic rings. The molecule has 0 fully saturated rings. The van der Waals surface area contributed by atoms with E-state index in [1.807, 2.05) is 45.0 Å². The van der Waals surface area contributed by atoms with Gasteiger partial charge < -0.3 is 15.0 Å². The fraction of sp³-hybridized carbons (Fsp3) is 0.273. The van der Waals surface area contributed by atoms with Crippen LogP contribution in [0.25, 0.3) is 6.08 Å². The van der Waals surface area contributed by atoms with E-state index in [9.17, 15) is 9.59 Å². The molecule has 0 heterocycles. The first-order valence-corrected chi connectivity index (χ1v) is 9.18. The van der Waals surface area contributed by atoms with Crippen LogP contribution in [-0.2, 0) is 4.79 Å². The maximum Gasteiger partial charge on any atom is 0.253 e. The number of nitrogens with one attached hydrogen (secondary N) is 1. The van der Waals surface area contributed by atoms with Crippen molar-refractivity contribution < 1.29 is 14.3 Å². The third kappa shape index (κ3) is 5.99. The lowest BCUT2D eigenvalue weighted by Gasteiger charge is -2.18. The summed E-state index contributed by atoms with van der Waals surface area (Å²) in [6.45, 7) is 7.80. The van der Waals surface area contributed by atoms with Crippen LogP contribution < -0.4 is 10.1 Å². The standard InChI is InChI=1S/C22H26N2O3/c1-4-24(5-2)22(26)18-10-12-19(13-11-18)23-21(25)16-9-17-7-14-20(15-8-17)27-6-3/h7-16H,4-6H2,1-3H3,(H,23,25)/b16-9+. The molecule has 0 bridgehead atoms. The molecule has 0 unspecified atom stereocenters. The maximum atomic E-state index is 12.3. The highest BCUT2D eigenvalue weighted by Gasteiger charge is 2.12. The molecule has 142 valence electrons. The SMILES string of the molecule is CCOc1ccc(/C=C/C(=O)Nc2ccc(C(=O)N(CC)CC)cc2)cc1. The summed E-state index contributed by atoms with van der Waals surface area (Å²) in [5.74, 6) is 0.568. The van der Waals surface area contributed by atoms with E-state index in [2.05, 4.69) is 5.32 Å². The average Bonchev–Trinajstić information content (AvgIpc) is 2.69. The van der Waals surface area contributed by atoms with Gasteiger partial charge in [-0.05, 0) is 68.8 Å². The van der Waals surface area contributed by atoms with Gasteiger partial charge in [0.2, 0.25) is 5.91 Å². The van der Waals surface area contributed by atoms with Crippen molar-refractivity contribution in [2.45, 2.75) is 20.8 Å². The van der Waals surface area contributed by atoms with Crippen LogP contribution >= 0.6 is 0 Å². The van der Waals surface area contributed by atoms with Crippen LogP contribution in [0.3, 0.4) is 0 Å². The molecule has 0 saturated carbocycles. The van der Waals surface area contributed by atoms with E-state index in [-0.39, 0.29) is 11.8 Å². The van der Waals surface area contributed by atoms with Crippen LogP contribution in [0.15, 0.2) is 54.6 Å². The lowest BCUT2D eigenvalue weighted by Crippen LogP contribution is -2.30. The predicted molar refractivity (Wildman–Crippen MR) is 109 cm³/mol. The minimum absolute atomic E-state index is 0.00623. The Bertz CT molecular complexity index is 776. The molecule has 1 N–H and O–H groups in total.